The van der Waals surface area contributed by atoms with E-state index in [1.807, 2.05) is 0 Å². The van der Waals surface area contributed by atoms with Gasteiger partial charge in [0.25, 0.3) is 0 Å². The van der Waals surface area contributed by atoms with Gasteiger partial charge in [-0.25, -0.2) is 0 Å². The first-order valence-corrected chi connectivity index (χ1v) is 7.65. The lowest BCUT2D eigenvalue weighted by Gasteiger charge is -2.53. The predicted molar refractivity (Wildman–Crippen MR) is 82.3 cm³/mol. The molecule has 1 heterocycles. The zero-order chi connectivity index (χ0) is 14.9. The molecule has 0 aliphatic carbocycles. The summed E-state index contributed by atoms with van der Waals surface area (Å²) in [7, 11) is 0. The quantitative estimate of drug-likeness (QED) is 0.834. The summed E-state index contributed by atoms with van der Waals surface area (Å²) >= 11 is 0. The highest BCUT2D eigenvalue weighted by Crippen LogP contribution is 2.34. The third-order valence-electron chi connectivity index (χ3n) is 4.16. The third-order valence-corrected chi connectivity index (χ3v) is 4.16. The standard InChI is InChI=1S/C16H34N2O/c1-13(2)8-9-16(7,10-17)18-11-14(3,4)19-15(5,6)12-18/h13H,8-12,17H2,1-7H3. The number of nitrogens with two attached hydrogens (primary N) is 1. The second-order valence-corrected chi connectivity index (χ2v) is 8.11. The summed E-state index contributed by atoms with van der Waals surface area (Å²) in [5.41, 5.74) is 6.00. The predicted octanol–water partition coefficient (Wildman–Crippen LogP) is 3.03. The van der Waals surface area contributed by atoms with E-state index in [1.165, 1.54) is 6.42 Å². The van der Waals surface area contributed by atoms with Crippen molar-refractivity contribution in [2.45, 2.75) is 78.0 Å². The van der Waals surface area contributed by atoms with Gasteiger partial charge in [-0.1, -0.05) is 13.8 Å². The van der Waals surface area contributed by atoms with E-state index in [0.29, 0.717) is 6.54 Å². The van der Waals surface area contributed by atoms with Gasteiger partial charge in [-0.15, -0.1) is 0 Å². The Labute approximate surface area is 119 Å². The monoisotopic (exact) mass is 270 g/mol. The Morgan fingerprint density at radius 1 is 1.16 bits per heavy atom. The average molecular weight is 270 g/mol. The lowest BCUT2D eigenvalue weighted by Crippen LogP contribution is -2.65. The fourth-order valence-corrected chi connectivity index (χ4v) is 3.16. The lowest BCUT2D eigenvalue weighted by atomic mass is 9.86. The zero-order valence-corrected chi connectivity index (χ0v) is 14.0. The molecule has 1 saturated heterocycles. The fraction of sp³-hybridized carbons (Fsp3) is 1.00. The van der Waals surface area contributed by atoms with Crippen LogP contribution in [0.2, 0.25) is 0 Å². The second kappa shape index (κ2) is 5.71. The van der Waals surface area contributed by atoms with Crippen LogP contribution in [0, 0.1) is 5.92 Å². The van der Waals surface area contributed by atoms with Crippen molar-refractivity contribution in [1.29, 1.82) is 0 Å². The van der Waals surface area contributed by atoms with Gasteiger partial charge < -0.3 is 10.5 Å². The van der Waals surface area contributed by atoms with E-state index in [2.05, 4.69) is 53.4 Å². The van der Waals surface area contributed by atoms with Gasteiger partial charge in [0, 0.05) is 25.2 Å². The Morgan fingerprint density at radius 2 is 1.63 bits per heavy atom. The van der Waals surface area contributed by atoms with Crippen molar-refractivity contribution in [3.63, 3.8) is 0 Å². The van der Waals surface area contributed by atoms with Crippen LogP contribution in [-0.2, 0) is 4.74 Å². The summed E-state index contributed by atoms with van der Waals surface area (Å²) in [4.78, 5) is 2.55. The van der Waals surface area contributed by atoms with Crippen molar-refractivity contribution in [2.24, 2.45) is 11.7 Å². The topological polar surface area (TPSA) is 38.5 Å². The maximum absolute atomic E-state index is 6.17. The highest BCUT2D eigenvalue weighted by Gasteiger charge is 2.44. The first-order valence-electron chi connectivity index (χ1n) is 7.65. The summed E-state index contributed by atoms with van der Waals surface area (Å²) in [5.74, 6) is 0.730. The molecule has 0 aromatic heterocycles. The molecule has 2 N–H and O–H groups in total. The van der Waals surface area contributed by atoms with Crippen molar-refractivity contribution in [2.75, 3.05) is 19.6 Å². The fourth-order valence-electron chi connectivity index (χ4n) is 3.16. The van der Waals surface area contributed by atoms with Crippen LogP contribution in [0.5, 0.6) is 0 Å². The molecule has 1 aliphatic heterocycles. The molecule has 3 nitrogen and oxygen atoms in total. The molecule has 1 rings (SSSR count). The number of hydrogen-bond acceptors (Lipinski definition) is 3. The van der Waals surface area contributed by atoms with Crippen molar-refractivity contribution < 1.29 is 4.74 Å². The number of rotatable bonds is 5. The molecule has 1 fully saturated rings. The van der Waals surface area contributed by atoms with Crippen LogP contribution in [0.4, 0.5) is 0 Å². The summed E-state index contributed by atoms with van der Waals surface area (Å²) in [5, 5.41) is 0. The van der Waals surface area contributed by atoms with Crippen molar-refractivity contribution in [3.8, 4) is 0 Å². The summed E-state index contributed by atoms with van der Waals surface area (Å²) in [6, 6.07) is 0. The molecule has 19 heavy (non-hydrogen) atoms. The Kier molecular flexibility index (Phi) is 5.09. The normalized spacial score (nSPS) is 26.4. The minimum Gasteiger partial charge on any atom is -0.367 e. The number of ether oxygens (including phenoxy) is 1. The molecule has 3 heteroatoms. The van der Waals surface area contributed by atoms with Crippen LogP contribution in [0.1, 0.15) is 61.3 Å². The van der Waals surface area contributed by atoms with Gasteiger partial charge in [0.2, 0.25) is 0 Å². The third kappa shape index (κ3) is 4.73. The van der Waals surface area contributed by atoms with E-state index in [-0.39, 0.29) is 16.7 Å². The Balaban J connectivity index is 2.84. The van der Waals surface area contributed by atoms with E-state index >= 15 is 0 Å². The summed E-state index contributed by atoms with van der Waals surface area (Å²) in [6.07, 6.45) is 2.39. The molecule has 0 aromatic carbocycles. The lowest BCUT2D eigenvalue weighted by molar-refractivity contribution is -0.198. The van der Waals surface area contributed by atoms with Gasteiger partial charge in [0.05, 0.1) is 11.2 Å². The first kappa shape index (κ1) is 16.9. The molecule has 1 aliphatic rings. The van der Waals surface area contributed by atoms with E-state index in [9.17, 15) is 0 Å². The van der Waals surface area contributed by atoms with Crippen molar-refractivity contribution in [3.05, 3.63) is 0 Å². The molecular weight excluding hydrogens is 236 g/mol. The first-order chi connectivity index (χ1) is 8.50. The minimum atomic E-state index is -0.101. The van der Waals surface area contributed by atoms with Gasteiger partial charge in [-0.2, -0.15) is 0 Å². The minimum absolute atomic E-state index is 0.0859. The Hall–Kier alpha value is -0.120. The molecule has 1 atom stereocenters. The van der Waals surface area contributed by atoms with Gasteiger partial charge in [0.15, 0.2) is 0 Å². The van der Waals surface area contributed by atoms with Crippen LogP contribution in [0.25, 0.3) is 0 Å². The van der Waals surface area contributed by atoms with Crippen LogP contribution in [0.3, 0.4) is 0 Å². The van der Waals surface area contributed by atoms with E-state index < -0.39 is 0 Å². The number of hydrogen-bond donors (Lipinski definition) is 1. The molecule has 0 radical (unpaired) electrons. The molecule has 1 unspecified atom stereocenters. The molecular formula is C16H34N2O. The van der Waals surface area contributed by atoms with Crippen molar-refractivity contribution in [1.82, 2.24) is 4.90 Å². The molecule has 0 aromatic rings. The molecule has 0 spiro atoms. The smallest absolute Gasteiger partial charge is 0.0761 e. The van der Waals surface area contributed by atoms with E-state index in [4.69, 9.17) is 10.5 Å². The van der Waals surface area contributed by atoms with Crippen LogP contribution < -0.4 is 5.73 Å². The van der Waals surface area contributed by atoms with E-state index in [1.54, 1.807) is 0 Å². The van der Waals surface area contributed by atoms with Gasteiger partial charge in [0.1, 0.15) is 0 Å². The maximum Gasteiger partial charge on any atom is 0.0761 e. The van der Waals surface area contributed by atoms with Crippen LogP contribution >= 0.6 is 0 Å². The van der Waals surface area contributed by atoms with Crippen LogP contribution in [0.15, 0.2) is 0 Å². The second-order valence-electron chi connectivity index (χ2n) is 8.11. The number of morpholine rings is 1. The highest BCUT2D eigenvalue weighted by molar-refractivity contribution is 4.97. The SMILES string of the molecule is CC(C)CCC(C)(CN)N1CC(C)(C)OC(C)(C)C1. The summed E-state index contributed by atoms with van der Waals surface area (Å²) in [6.45, 7) is 18.2. The van der Waals surface area contributed by atoms with E-state index in [0.717, 1.165) is 25.4 Å². The van der Waals surface area contributed by atoms with Gasteiger partial charge in [-0.05, 0) is 53.4 Å². The Bertz CT molecular complexity index is 283. The summed E-state index contributed by atoms with van der Waals surface area (Å²) < 4.78 is 6.17. The van der Waals surface area contributed by atoms with Crippen molar-refractivity contribution >= 4 is 0 Å². The Morgan fingerprint density at radius 3 is 2.00 bits per heavy atom. The van der Waals surface area contributed by atoms with Gasteiger partial charge >= 0.3 is 0 Å². The maximum atomic E-state index is 6.17. The van der Waals surface area contributed by atoms with Crippen LogP contribution in [-0.4, -0.2) is 41.3 Å². The molecule has 0 amide bonds. The average Bonchev–Trinajstić information content (AvgIpc) is 2.21. The number of nitrogens with zero attached hydrogens (tertiary/aromatic N) is 1. The van der Waals surface area contributed by atoms with Gasteiger partial charge in [-0.3, -0.25) is 4.90 Å². The largest absolute Gasteiger partial charge is 0.367 e. The molecule has 0 saturated carbocycles. The molecule has 114 valence electrons. The zero-order valence-electron chi connectivity index (χ0n) is 14.0. The highest BCUT2D eigenvalue weighted by atomic mass is 16.5. The molecule has 0 bridgehead atoms.